The first kappa shape index (κ1) is 22.3. The molecule has 0 heterocycles. The van der Waals surface area contributed by atoms with E-state index in [1.54, 1.807) is 5.56 Å². The van der Waals surface area contributed by atoms with E-state index in [9.17, 15) is 0 Å². The van der Waals surface area contributed by atoms with Gasteiger partial charge in [-0.3, -0.25) is 0 Å². The van der Waals surface area contributed by atoms with Crippen LogP contribution in [0.15, 0.2) is 49.1 Å². The second-order valence-corrected chi connectivity index (χ2v) is 9.46. The van der Waals surface area contributed by atoms with Crippen LogP contribution in [0.3, 0.4) is 0 Å². The second kappa shape index (κ2) is 12.4. The molecule has 0 saturated heterocycles. The van der Waals surface area contributed by atoms with Crippen LogP contribution >= 0.6 is 0 Å². The molecule has 2 saturated carbocycles. The van der Waals surface area contributed by atoms with Crippen molar-refractivity contribution in [3.8, 4) is 0 Å². The number of benzene rings is 1. The highest BCUT2D eigenvalue weighted by molar-refractivity contribution is 5.25. The van der Waals surface area contributed by atoms with E-state index in [1.807, 2.05) is 0 Å². The van der Waals surface area contributed by atoms with Crippen LogP contribution in [0.4, 0.5) is 0 Å². The van der Waals surface area contributed by atoms with E-state index in [-0.39, 0.29) is 0 Å². The van der Waals surface area contributed by atoms with Crippen molar-refractivity contribution in [3.05, 3.63) is 60.2 Å². The molecule has 160 valence electrons. The number of rotatable bonds is 10. The Morgan fingerprint density at radius 2 is 1.52 bits per heavy atom. The first-order valence-electron chi connectivity index (χ1n) is 12.2. The summed E-state index contributed by atoms with van der Waals surface area (Å²) in [5.74, 6) is 3.56. The summed E-state index contributed by atoms with van der Waals surface area (Å²) in [6, 6.07) is 9.26. The summed E-state index contributed by atoms with van der Waals surface area (Å²) in [4.78, 5) is 0. The van der Waals surface area contributed by atoms with E-state index >= 15 is 0 Å². The van der Waals surface area contributed by atoms with Gasteiger partial charge in [0.2, 0.25) is 0 Å². The zero-order valence-corrected chi connectivity index (χ0v) is 18.7. The molecule has 0 atom stereocenters. The summed E-state index contributed by atoms with van der Waals surface area (Å²) in [7, 11) is 0. The Morgan fingerprint density at radius 1 is 0.897 bits per heavy atom. The predicted molar refractivity (Wildman–Crippen MR) is 125 cm³/mol. The third kappa shape index (κ3) is 7.45. The SMILES string of the molecule is C=CC1CCC(CCC2CCC(c3ccc(COCC/C=C/C)cc3)CC2)CC1. The lowest BCUT2D eigenvalue weighted by atomic mass is 9.74. The molecule has 2 fully saturated rings. The zero-order chi connectivity index (χ0) is 20.3. The maximum Gasteiger partial charge on any atom is 0.0717 e. The van der Waals surface area contributed by atoms with Gasteiger partial charge >= 0.3 is 0 Å². The van der Waals surface area contributed by atoms with E-state index in [0.29, 0.717) is 0 Å². The van der Waals surface area contributed by atoms with Crippen molar-refractivity contribution in [2.24, 2.45) is 17.8 Å². The smallest absolute Gasteiger partial charge is 0.0717 e. The van der Waals surface area contributed by atoms with Gasteiger partial charge in [0.25, 0.3) is 0 Å². The third-order valence-corrected chi connectivity index (χ3v) is 7.44. The van der Waals surface area contributed by atoms with Crippen LogP contribution in [0.25, 0.3) is 0 Å². The fourth-order valence-corrected chi connectivity index (χ4v) is 5.36. The molecule has 0 unspecified atom stereocenters. The highest BCUT2D eigenvalue weighted by Gasteiger charge is 2.24. The molecule has 0 aliphatic heterocycles. The van der Waals surface area contributed by atoms with Crippen LogP contribution in [-0.2, 0) is 11.3 Å². The minimum atomic E-state index is 0.735. The van der Waals surface area contributed by atoms with Gasteiger partial charge < -0.3 is 4.74 Å². The molecular weight excluding hydrogens is 352 g/mol. The Balaban J connectivity index is 1.33. The first-order valence-corrected chi connectivity index (χ1v) is 12.2. The Morgan fingerprint density at radius 3 is 2.10 bits per heavy atom. The molecule has 2 aliphatic rings. The third-order valence-electron chi connectivity index (χ3n) is 7.44. The molecule has 1 heteroatoms. The maximum absolute atomic E-state index is 5.75. The fourth-order valence-electron chi connectivity index (χ4n) is 5.36. The molecule has 1 aromatic rings. The van der Waals surface area contributed by atoms with Gasteiger partial charge in [0.15, 0.2) is 0 Å². The van der Waals surface area contributed by atoms with Gasteiger partial charge in [-0.2, -0.15) is 0 Å². The lowest BCUT2D eigenvalue weighted by molar-refractivity contribution is 0.125. The Kier molecular flexibility index (Phi) is 9.54. The van der Waals surface area contributed by atoms with E-state index in [2.05, 4.69) is 56.0 Å². The molecule has 2 aliphatic carbocycles. The quantitative estimate of drug-likeness (QED) is 0.287. The van der Waals surface area contributed by atoms with Gasteiger partial charge in [0.05, 0.1) is 13.2 Å². The largest absolute Gasteiger partial charge is 0.376 e. The lowest BCUT2D eigenvalue weighted by Crippen LogP contribution is -2.17. The normalized spacial score (nSPS) is 27.9. The minimum absolute atomic E-state index is 0.735. The van der Waals surface area contributed by atoms with E-state index in [0.717, 1.165) is 43.3 Å². The minimum Gasteiger partial charge on any atom is -0.376 e. The molecule has 1 nitrogen and oxygen atoms in total. The van der Waals surface area contributed by atoms with Crippen LogP contribution in [-0.4, -0.2) is 6.61 Å². The lowest BCUT2D eigenvalue weighted by Gasteiger charge is -2.31. The van der Waals surface area contributed by atoms with Gasteiger partial charge in [0, 0.05) is 0 Å². The molecular formula is C28H42O. The van der Waals surface area contributed by atoms with E-state index in [4.69, 9.17) is 4.74 Å². The van der Waals surface area contributed by atoms with Crippen LogP contribution in [0, 0.1) is 17.8 Å². The monoisotopic (exact) mass is 394 g/mol. The Bertz CT molecular complexity index is 598. The van der Waals surface area contributed by atoms with Crippen molar-refractivity contribution < 1.29 is 4.74 Å². The topological polar surface area (TPSA) is 9.23 Å². The Labute approximate surface area is 179 Å². The van der Waals surface area contributed by atoms with E-state index < -0.39 is 0 Å². The number of hydrogen-bond donors (Lipinski definition) is 0. The molecule has 0 amide bonds. The second-order valence-electron chi connectivity index (χ2n) is 9.46. The highest BCUT2D eigenvalue weighted by atomic mass is 16.5. The molecule has 0 N–H and O–H groups in total. The first-order chi connectivity index (χ1) is 14.3. The summed E-state index contributed by atoms with van der Waals surface area (Å²) in [6.07, 6.45) is 21.7. The molecule has 0 bridgehead atoms. The molecule has 1 aromatic carbocycles. The van der Waals surface area contributed by atoms with Crippen molar-refractivity contribution >= 4 is 0 Å². The van der Waals surface area contributed by atoms with E-state index in [1.165, 1.54) is 69.8 Å². The van der Waals surface area contributed by atoms with Crippen molar-refractivity contribution in [2.45, 2.75) is 90.1 Å². The summed E-state index contributed by atoms with van der Waals surface area (Å²) >= 11 is 0. The Hall–Kier alpha value is -1.34. The van der Waals surface area contributed by atoms with Gasteiger partial charge in [-0.15, -0.1) is 6.58 Å². The fraction of sp³-hybridized carbons (Fsp3) is 0.643. The highest BCUT2D eigenvalue weighted by Crippen LogP contribution is 2.39. The van der Waals surface area contributed by atoms with Crippen LogP contribution < -0.4 is 0 Å². The average molecular weight is 395 g/mol. The number of allylic oxidation sites excluding steroid dienone is 2. The molecule has 3 rings (SSSR count). The molecule has 29 heavy (non-hydrogen) atoms. The van der Waals surface area contributed by atoms with Crippen LogP contribution in [0.2, 0.25) is 0 Å². The zero-order valence-electron chi connectivity index (χ0n) is 18.7. The number of ether oxygens (including phenoxy) is 1. The molecule has 0 radical (unpaired) electrons. The summed E-state index contributed by atoms with van der Waals surface area (Å²) in [5.41, 5.74) is 2.85. The van der Waals surface area contributed by atoms with Crippen LogP contribution in [0.1, 0.15) is 94.6 Å². The van der Waals surface area contributed by atoms with Crippen molar-refractivity contribution in [1.29, 1.82) is 0 Å². The standard InChI is InChI=1S/C28H42O/c1-3-5-6-21-29-22-26-15-19-28(20-16-26)27-17-13-25(14-18-27)12-11-24-9-7-23(4-2)8-10-24/h3-5,15-16,19-20,23-25,27H,2,6-14,17-18,21-22H2,1H3/b5-3+. The summed E-state index contributed by atoms with van der Waals surface area (Å²) in [6.45, 7) is 7.58. The van der Waals surface area contributed by atoms with Crippen molar-refractivity contribution in [1.82, 2.24) is 0 Å². The predicted octanol–water partition coefficient (Wildman–Crippen LogP) is 8.22. The van der Waals surface area contributed by atoms with Gasteiger partial charge in [0.1, 0.15) is 0 Å². The average Bonchev–Trinajstić information content (AvgIpc) is 2.79. The maximum atomic E-state index is 5.75. The van der Waals surface area contributed by atoms with Crippen LogP contribution in [0.5, 0.6) is 0 Å². The van der Waals surface area contributed by atoms with Crippen molar-refractivity contribution in [2.75, 3.05) is 6.61 Å². The molecule has 0 aromatic heterocycles. The van der Waals surface area contributed by atoms with Gasteiger partial charge in [-0.25, -0.2) is 0 Å². The number of hydrogen-bond acceptors (Lipinski definition) is 1. The molecule has 0 spiro atoms. The summed E-state index contributed by atoms with van der Waals surface area (Å²) in [5, 5.41) is 0. The summed E-state index contributed by atoms with van der Waals surface area (Å²) < 4.78 is 5.75. The van der Waals surface area contributed by atoms with Gasteiger partial charge in [-0.05, 0) is 99.5 Å². The van der Waals surface area contributed by atoms with Crippen molar-refractivity contribution in [3.63, 3.8) is 0 Å². The van der Waals surface area contributed by atoms with Gasteiger partial charge in [-0.1, -0.05) is 55.3 Å².